The Kier molecular flexibility index (Phi) is 5.52. The topological polar surface area (TPSA) is 62.3 Å². The maximum Gasteiger partial charge on any atom is 0.251 e. The second-order valence-corrected chi connectivity index (χ2v) is 8.65. The van der Waals surface area contributed by atoms with E-state index >= 15 is 0 Å². The molecule has 0 N–H and O–H groups in total. The molecule has 2 amide bonds. The quantitative estimate of drug-likeness (QED) is 0.651. The van der Waals surface area contributed by atoms with Crippen LogP contribution in [0.15, 0.2) is 36.4 Å². The molecular weight excluding hydrogens is 441 g/mol. The van der Waals surface area contributed by atoms with Gasteiger partial charge in [-0.15, -0.1) is 0 Å². The van der Waals surface area contributed by atoms with Crippen molar-refractivity contribution in [3.05, 3.63) is 52.0 Å². The SMILES string of the molecule is O=C1C[C@@H](N2CCN(Cc3ccc4c(c3)OCO4)CC2)C(=O)N1c1cccc(Cl)c1Cl. The molecule has 3 heterocycles. The lowest BCUT2D eigenvalue weighted by atomic mass is 10.1. The molecule has 0 bridgehead atoms. The summed E-state index contributed by atoms with van der Waals surface area (Å²) < 4.78 is 10.8. The van der Waals surface area contributed by atoms with Crippen molar-refractivity contribution in [1.29, 1.82) is 0 Å². The number of imide groups is 1. The third-order valence-electron chi connectivity index (χ3n) is 5.99. The van der Waals surface area contributed by atoms with Crippen molar-refractivity contribution >= 4 is 40.7 Å². The zero-order valence-electron chi connectivity index (χ0n) is 16.7. The van der Waals surface area contributed by atoms with Gasteiger partial charge in [0.1, 0.15) is 0 Å². The highest BCUT2D eigenvalue weighted by Gasteiger charge is 2.44. The van der Waals surface area contributed by atoms with Gasteiger partial charge in [0.2, 0.25) is 12.7 Å². The molecule has 162 valence electrons. The molecule has 0 saturated carbocycles. The fourth-order valence-electron chi connectivity index (χ4n) is 4.35. The molecule has 9 heteroatoms. The Labute approximate surface area is 190 Å². The van der Waals surface area contributed by atoms with Gasteiger partial charge in [-0.25, -0.2) is 4.90 Å². The highest BCUT2D eigenvalue weighted by molar-refractivity contribution is 6.44. The van der Waals surface area contributed by atoms with E-state index in [-0.39, 0.29) is 30.1 Å². The smallest absolute Gasteiger partial charge is 0.251 e. The van der Waals surface area contributed by atoms with E-state index in [1.54, 1.807) is 18.2 Å². The summed E-state index contributed by atoms with van der Waals surface area (Å²) in [6.07, 6.45) is 0.157. The van der Waals surface area contributed by atoms with Crippen molar-refractivity contribution in [2.24, 2.45) is 0 Å². The summed E-state index contributed by atoms with van der Waals surface area (Å²) in [5.41, 5.74) is 1.51. The summed E-state index contributed by atoms with van der Waals surface area (Å²) in [5, 5.41) is 0.542. The Bertz CT molecular complexity index is 1040. The van der Waals surface area contributed by atoms with Gasteiger partial charge in [0.15, 0.2) is 11.5 Å². The van der Waals surface area contributed by atoms with Crippen LogP contribution in [0, 0.1) is 0 Å². The first-order valence-corrected chi connectivity index (χ1v) is 10.9. The van der Waals surface area contributed by atoms with Gasteiger partial charge >= 0.3 is 0 Å². The van der Waals surface area contributed by atoms with E-state index in [4.69, 9.17) is 32.7 Å². The fourth-order valence-corrected chi connectivity index (χ4v) is 4.73. The number of nitrogens with zero attached hydrogens (tertiary/aromatic N) is 3. The monoisotopic (exact) mass is 461 g/mol. The molecule has 7 nitrogen and oxygen atoms in total. The van der Waals surface area contributed by atoms with E-state index < -0.39 is 6.04 Å². The first-order valence-electron chi connectivity index (χ1n) is 10.2. The summed E-state index contributed by atoms with van der Waals surface area (Å²) in [5.74, 6) is 1.08. The van der Waals surface area contributed by atoms with Crippen molar-refractivity contribution in [3.63, 3.8) is 0 Å². The predicted molar refractivity (Wildman–Crippen MR) is 117 cm³/mol. The molecule has 31 heavy (non-hydrogen) atoms. The predicted octanol–water partition coefficient (Wildman–Crippen LogP) is 3.17. The van der Waals surface area contributed by atoms with Crippen LogP contribution in [0.4, 0.5) is 5.69 Å². The largest absolute Gasteiger partial charge is 0.454 e. The van der Waals surface area contributed by atoms with Crippen molar-refractivity contribution in [2.75, 3.05) is 37.9 Å². The zero-order valence-corrected chi connectivity index (χ0v) is 18.2. The summed E-state index contributed by atoms with van der Waals surface area (Å²) in [6, 6.07) is 10.5. The lowest BCUT2D eigenvalue weighted by molar-refractivity contribution is -0.123. The molecule has 2 saturated heterocycles. The number of piperazine rings is 1. The summed E-state index contributed by atoms with van der Waals surface area (Å²) >= 11 is 12.3. The first kappa shape index (κ1) is 20.6. The molecule has 0 unspecified atom stereocenters. The molecule has 0 radical (unpaired) electrons. The molecule has 0 aromatic heterocycles. The molecule has 0 aliphatic carbocycles. The Hall–Kier alpha value is -2.32. The van der Waals surface area contributed by atoms with Gasteiger partial charge < -0.3 is 9.47 Å². The van der Waals surface area contributed by atoms with Gasteiger partial charge in [-0.1, -0.05) is 35.3 Å². The molecule has 0 spiro atoms. The van der Waals surface area contributed by atoms with E-state index in [9.17, 15) is 9.59 Å². The van der Waals surface area contributed by atoms with E-state index in [1.807, 2.05) is 18.2 Å². The number of anilines is 1. The van der Waals surface area contributed by atoms with E-state index in [1.165, 1.54) is 4.90 Å². The third-order valence-corrected chi connectivity index (χ3v) is 6.79. The molecule has 2 aromatic rings. The number of fused-ring (bicyclic) bond motifs is 1. The molecule has 5 rings (SSSR count). The van der Waals surface area contributed by atoms with E-state index in [0.29, 0.717) is 23.8 Å². The van der Waals surface area contributed by atoms with Crippen LogP contribution >= 0.6 is 23.2 Å². The van der Waals surface area contributed by atoms with Crippen LogP contribution < -0.4 is 14.4 Å². The number of rotatable bonds is 4. The molecule has 1 atom stereocenters. The summed E-state index contributed by atoms with van der Waals surface area (Å²) in [7, 11) is 0. The van der Waals surface area contributed by atoms with E-state index in [0.717, 1.165) is 36.7 Å². The van der Waals surface area contributed by atoms with E-state index in [2.05, 4.69) is 9.80 Å². The van der Waals surface area contributed by atoms with Crippen LogP contribution in [0.2, 0.25) is 10.0 Å². The fraction of sp³-hybridized carbons (Fsp3) is 0.364. The minimum absolute atomic E-state index is 0.157. The van der Waals surface area contributed by atoms with Gasteiger partial charge in [0.25, 0.3) is 5.91 Å². The zero-order chi connectivity index (χ0) is 21.5. The van der Waals surface area contributed by atoms with Crippen LogP contribution in [0.1, 0.15) is 12.0 Å². The Morgan fingerprint density at radius 1 is 0.968 bits per heavy atom. The van der Waals surface area contributed by atoms with Gasteiger partial charge in [-0.05, 0) is 29.8 Å². The van der Waals surface area contributed by atoms with Gasteiger partial charge in [-0.3, -0.25) is 19.4 Å². The molecule has 2 fully saturated rings. The van der Waals surface area contributed by atoms with Crippen molar-refractivity contribution in [2.45, 2.75) is 19.0 Å². The average molecular weight is 462 g/mol. The number of benzene rings is 2. The second kappa shape index (κ2) is 8.31. The lowest BCUT2D eigenvalue weighted by Crippen LogP contribution is -2.52. The lowest BCUT2D eigenvalue weighted by Gasteiger charge is -2.37. The maximum atomic E-state index is 13.1. The molecule has 3 aliphatic heterocycles. The number of hydrogen-bond donors (Lipinski definition) is 0. The minimum atomic E-state index is -0.463. The number of hydrogen-bond acceptors (Lipinski definition) is 6. The number of amides is 2. The Morgan fingerprint density at radius 2 is 1.74 bits per heavy atom. The van der Waals surface area contributed by atoms with Crippen molar-refractivity contribution in [3.8, 4) is 11.5 Å². The standard InChI is InChI=1S/C22H21Cl2N3O4/c23-15-2-1-3-16(21(15)24)27-20(28)11-17(22(27)29)26-8-6-25(7-9-26)12-14-4-5-18-19(10-14)31-13-30-18/h1-5,10,17H,6-9,11-13H2/t17-/m1/s1. The van der Waals surface area contributed by atoms with Gasteiger partial charge in [0.05, 0.1) is 28.2 Å². The van der Waals surface area contributed by atoms with Crippen LogP contribution in [-0.4, -0.2) is 60.6 Å². The number of halogens is 2. The molecule has 3 aliphatic rings. The van der Waals surface area contributed by atoms with Crippen LogP contribution in [0.25, 0.3) is 0 Å². The van der Waals surface area contributed by atoms with Crippen molar-refractivity contribution < 1.29 is 19.1 Å². The van der Waals surface area contributed by atoms with Crippen molar-refractivity contribution in [1.82, 2.24) is 9.80 Å². The average Bonchev–Trinajstić information content (AvgIpc) is 3.34. The van der Waals surface area contributed by atoms with Crippen LogP contribution in [0.5, 0.6) is 11.5 Å². The molecular formula is C22H21Cl2N3O4. The number of carbonyl (C=O) groups is 2. The first-order chi connectivity index (χ1) is 15.0. The highest BCUT2D eigenvalue weighted by atomic mass is 35.5. The second-order valence-electron chi connectivity index (χ2n) is 7.86. The Balaban J connectivity index is 1.22. The minimum Gasteiger partial charge on any atom is -0.454 e. The van der Waals surface area contributed by atoms with Crippen LogP contribution in [0.3, 0.4) is 0 Å². The van der Waals surface area contributed by atoms with Gasteiger partial charge in [0, 0.05) is 32.7 Å². The van der Waals surface area contributed by atoms with Crippen LogP contribution in [-0.2, 0) is 16.1 Å². The number of carbonyl (C=O) groups excluding carboxylic acids is 2. The third kappa shape index (κ3) is 3.87. The summed E-state index contributed by atoms with van der Waals surface area (Å²) in [6.45, 7) is 4.11. The number of ether oxygens (including phenoxy) is 2. The molecule has 2 aromatic carbocycles. The normalized spacial score (nSPS) is 21.9. The highest BCUT2D eigenvalue weighted by Crippen LogP contribution is 2.36. The maximum absolute atomic E-state index is 13.1. The van der Waals surface area contributed by atoms with Gasteiger partial charge in [-0.2, -0.15) is 0 Å². The Morgan fingerprint density at radius 3 is 2.55 bits per heavy atom. The summed E-state index contributed by atoms with van der Waals surface area (Å²) in [4.78, 5) is 31.3.